The Balaban J connectivity index is 0.000000135. The number of hydrogen-bond donors (Lipinski definition) is 1. The van der Waals surface area contributed by atoms with Crippen LogP contribution in [0.2, 0.25) is 10.3 Å². The molecule has 0 spiro atoms. The zero-order valence-corrected chi connectivity index (χ0v) is 81.0. The molecule has 0 atom stereocenters. The predicted octanol–water partition coefficient (Wildman–Crippen LogP) is 23.3. The van der Waals surface area contributed by atoms with E-state index in [1.807, 2.05) is 98.0 Å². The Morgan fingerprint density at radius 1 is 0.383 bits per heavy atom. The van der Waals surface area contributed by atoms with E-state index in [4.69, 9.17) is 37.2 Å². The Morgan fingerprint density at radius 2 is 0.680 bits per heavy atom. The summed E-state index contributed by atoms with van der Waals surface area (Å²) in [6, 6.07) is 145. The monoisotopic (exact) mass is 1950 g/mol. The first kappa shape index (κ1) is 96.3. The molecule has 644 valence electrons. The third-order valence-corrected chi connectivity index (χ3v) is 32.0. The summed E-state index contributed by atoms with van der Waals surface area (Å²) in [6.07, 6.45) is 6.35. The van der Waals surface area contributed by atoms with Gasteiger partial charge in [0.05, 0.1) is 34.6 Å². The summed E-state index contributed by atoms with van der Waals surface area (Å²) in [5.41, 5.74) is 5.59. The number of hydrogen-bond acceptors (Lipinski definition) is 8. The smallest absolute Gasteiger partial charge is 0.442 e. The predicted molar refractivity (Wildman–Crippen MR) is 548 cm³/mol. The molecule has 14 aromatic carbocycles. The van der Waals surface area contributed by atoms with Gasteiger partial charge in [0.15, 0.2) is 0 Å². The number of aryl methyl sites for hydroxylation is 2. The number of aromatic nitrogens is 6. The second kappa shape index (κ2) is 47.5. The summed E-state index contributed by atoms with van der Waals surface area (Å²) in [6.45, 7) is 17.6. The number of fused-ring (bicyclic) bond motifs is 2. The fourth-order valence-corrected chi connectivity index (χ4v) is 23.8. The molecule has 4 aromatic heterocycles. The molecule has 10 nitrogen and oxygen atoms in total. The van der Waals surface area contributed by atoms with Crippen molar-refractivity contribution in [3.05, 3.63) is 463 Å². The van der Waals surface area contributed by atoms with Gasteiger partial charge in [-0.1, -0.05) is 409 Å². The number of H-pyrrole nitrogens is 1. The molecule has 19 heteroatoms. The Labute approximate surface area is 791 Å². The quantitative estimate of drug-likeness (QED) is 0.0650. The van der Waals surface area contributed by atoms with E-state index in [9.17, 15) is 4.79 Å². The number of carbonyl (C=O) groups is 1. The molecule has 1 aliphatic heterocycles. The van der Waals surface area contributed by atoms with Crippen LogP contribution in [0.5, 0.6) is 0 Å². The number of nitrogens with one attached hydrogen (secondary N) is 1. The molecule has 0 amide bonds. The number of benzene rings is 14. The van der Waals surface area contributed by atoms with Crippen LogP contribution in [0.4, 0.5) is 4.79 Å². The maximum atomic E-state index is 12.0. The van der Waals surface area contributed by atoms with E-state index in [1.165, 1.54) is 68.3 Å². The van der Waals surface area contributed by atoms with Gasteiger partial charge in [-0.25, -0.2) is 14.8 Å². The summed E-state index contributed by atoms with van der Waals surface area (Å²) >= 11 is 15.6. The van der Waals surface area contributed by atoms with Crippen LogP contribution in [0.1, 0.15) is 59.6 Å². The Hall–Kier alpha value is -10.8. The van der Waals surface area contributed by atoms with Crippen molar-refractivity contribution in [1.82, 2.24) is 29.9 Å². The van der Waals surface area contributed by atoms with Gasteiger partial charge in [0.1, 0.15) is 15.9 Å². The van der Waals surface area contributed by atoms with E-state index in [0.29, 0.717) is 10.3 Å². The molecule has 0 saturated carbocycles. The van der Waals surface area contributed by atoms with Gasteiger partial charge >= 0.3 is 13.2 Å². The third kappa shape index (κ3) is 26.5. The molecule has 5 heterocycles. The van der Waals surface area contributed by atoms with Crippen molar-refractivity contribution in [2.45, 2.75) is 79.1 Å². The van der Waals surface area contributed by atoms with Crippen molar-refractivity contribution >= 4 is 175 Å². The SMILES string of the molecule is CC1(C)OB(c2cccnc2Cl)OC1(C)C.Cc1cc2[nH]ncc2cc1-c1cccnc1Cl.Cc1cc2c(cnn2C(=O)OC(C)(C)C)cc1Br.[Pd].c1ccc(P(c2ccccc2)c2ccccc2)cc1.c1ccc(P(c2ccccc2)c2ccccc2)cc1.c1ccc(P(c2ccccc2)c2ccccc2)cc1.c1ccc(P(c2ccccc2)c2ccccc2)cc1. The molecule has 1 aliphatic rings. The van der Waals surface area contributed by atoms with Crippen LogP contribution in [0.25, 0.3) is 32.9 Å². The molecule has 0 unspecified atom stereocenters. The number of rotatable bonds is 14. The van der Waals surface area contributed by atoms with Crippen LogP contribution < -0.4 is 69.1 Å². The summed E-state index contributed by atoms with van der Waals surface area (Å²) in [7, 11) is -2.22. The average Bonchev–Trinajstić information content (AvgIpc) is 1.62. The van der Waals surface area contributed by atoms with Gasteiger partial charge in [-0.2, -0.15) is 14.9 Å². The molecule has 0 radical (unpaired) electrons. The van der Waals surface area contributed by atoms with Crippen molar-refractivity contribution in [3.8, 4) is 11.1 Å². The average molecular weight is 1950 g/mol. The number of aromatic amines is 1. The van der Waals surface area contributed by atoms with Crippen LogP contribution in [0.3, 0.4) is 0 Å². The first-order valence-electron chi connectivity index (χ1n) is 41.9. The maximum absolute atomic E-state index is 12.0. The number of halogens is 3. The molecule has 1 N–H and O–H groups in total. The summed E-state index contributed by atoms with van der Waals surface area (Å²) in [5.74, 6) is 0. The molecule has 0 aliphatic carbocycles. The van der Waals surface area contributed by atoms with Gasteiger partial charge in [0.2, 0.25) is 0 Å². The second-order valence-corrected chi connectivity index (χ2v) is 42.0. The van der Waals surface area contributed by atoms with Gasteiger partial charge in [-0.15, -0.1) is 0 Å². The molecule has 18 aromatic rings. The fraction of sp³-hybridized carbons (Fsp3) is 0.110. The maximum Gasteiger partial charge on any atom is 0.498 e. The van der Waals surface area contributed by atoms with Gasteiger partial charge in [0, 0.05) is 59.1 Å². The van der Waals surface area contributed by atoms with Crippen LogP contribution >= 0.6 is 70.8 Å². The molecule has 0 bridgehead atoms. The summed E-state index contributed by atoms with van der Waals surface area (Å²) < 4.78 is 19.4. The molecule has 19 rings (SSSR count). The van der Waals surface area contributed by atoms with Crippen molar-refractivity contribution in [1.29, 1.82) is 0 Å². The minimum Gasteiger partial charge on any atom is -0.442 e. The molecule has 1 saturated heterocycles. The first-order chi connectivity index (χ1) is 61.7. The van der Waals surface area contributed by atoms with Crippen LogP contribution in [0, 0.1) is 13.8 Å². The Morgan fingerprint density at radius 3 is 0.969 bits per heavy atom. The van der Waals surface area contributed by atoms with Gasteiger partial charge in [-0.05, 0) is 217 Å². The van der Waals surface area contributed by atoms with Crippen LogP contribution in [-0.2, 0) is 34.5 Å². The number of ether oxygens (including phenoxy) is 1. The minimum absolute atomic E-state index is 0. The van der Waals surface area contributed by atoms with Crippen molar-refractivity contribution < 1.29 is 39.3 Å². The van der Waals surface area contributed by atoms with E-state index >= 15 is 0 Å². The minimum atomic E-state index is -0.528. The van der Waals surface area contributed by atoms with Crippen LogP contribution in [0.15, 0.2) is 442 Å². The van der Waals surface area contributed by atoms with E-state index in [-0.39, 0.29) is 31.6 Å². The summed E-state index contributed by atoms with van der Waals surface area (Å²) in [5, 5.41) is 30.8. The third-order valence-electron chi connectivity index (χ3n) is 20.7. The molecular formula is C109H100BBrCl2N6O4P4Pd. The van der Waals surface area contributed by atoms with Gasteiger partial charge in [0.25, 0.3) is 0 Å². The van der Waals surface area contributed by atoms with Crippen molar-refractivity contribution in [2.75, 3.05) is 0 Å². The van der Waals surface area contributed by atoms with Crippen LogP contribution in [-0.4, -0.2) is 60.0 Å². The van der Waals surface area contributed by atoms with Crippen molar-refractivity contribution in [2.24, 2.45) is 0 Å². The Bertz CT molecular complexity index is 5540. The zero-order valence-electron chi connectivity index (χ0n) is 72.8. The largest absolute Gasteiger partial charge is 0.498 e. The number of carbonyl (C=O) groups excluding carboxylic acids is 1. The molecule has 128 heavy (non-hydrogen) atoms. The fourth-order valence-electron chi connectivity index (χ4n) is 13.8. The zero-order chi connectivity index (χ0) is 89.0. The molecule has 1 fully saturated rings. The second-order valence-electron chi connectivity index (χ2n) is 31.5. The standard InChI is InChI=1S/4C18H15P.C13H15BrN2O2.C13H10ClN3.C11H15BClNO2.Pd/c4*1-4-10-16(11-5-1)19(17-12-6-2-7-13-17)18-14-8-3-9-15-18;1-8-5-11-9(6-10(8)14)7-15-16(11)12(17)18-13(2,3)4;1-8-5-12-9(7-16-17-12)6-11(8)10-3-2-4-15-13(10)14;1-10(2)11(3,4)16-12(15-10)8-6-5-7-14-9(8)13;/h4*1-15H;5-7H,1-4H3;2-7H,1H3,(H,16,17);5-7H,1-4H3;. The summed E-state index contributed by atoms with van der Waals surface area (Å²) in [4.78, 5) is 20.1. The van der Waals surface area contributed by atoms with Gasteiger partial charge < -0.3 is 14.0 Å². The van der Waals surface area contributed by atoms with Gasteiger partial charge in [-0.3, -0.25) is 5.10 Å². The Kier molecular flexibility index (Phi) is 35.7. The number of pyridine rings is 2. The molecular weight excluding hydrogens is 1850 g/mol. The van der Waals surface area contributed by atoms with Crippen molar-refractivity contribution in [3.63, 3.8) is 0 Å². The normalized spacial score (nSPS) is 12.2. The topological polar surface area (TPSA) is 117 Å². The van der Waals surface area contributed by atoms with E-state index in [1.54, 1.807) is 18.6 Å². The van der Waals surface area contributed by atoms with E-state index in [0.717, 1.165) is 54.0 Å². The number of nitrogens with zero attached hydrogens (tertiary/aromatic N) is 5. The van der Waals surface area contributed by atoms with E-state index in [2.05, 4.69) is 424 Å². The van der Waals surface area contributed by atoms with E-state index < -0.39 is 50.5 Å². The first-order valence-corrected chi connectivity index (χ1v) is 48.8.